The van der Waals surface area contributed by atoms with Crippen LogP contribution in [0.5, 0.6) is 0 Å². The van der Waals surface area contributed by atoms with Crippen molar-refractivity contribution in [3.63, 3.8) is 0 Å². The Kier molecular flexibility index (Phi) is 7.25. The number of likely N-dealkylation sites (N-methyl/N-ethyl adjacent to an activating group) is 1. The highest BCUT2D eigenvalue weighted by Gasteiger charge is 2.38. The van der Waals surface area contributed by atoms with E-state index in [1.54, 1.807) is 13.2 Å². The molecule has 0 radical (unpaired) electrons. The van der Waals surface area contributed by atoms with Gasteiger partial charge in [0.1, 0.15) is 0 Å². The maximum atomic E-state index is 12.7. The quantitative estimate of drug-likeness (QED) is 0.732. The van der Waals surface area contributed by atoms with Gasteiger partial charge in [0.2, 0.25) is 12.3 Å². The lowest BCUT2D eigenvalue weighted by Crippen LogP contribution is -2.47. The van der Waals surface area contributed by atoms with Gasteiger partial charge in [-0.3, -0.25) is 4.79 Å². The standard InChI is InChI=1S/C15H26F2N2O2/c1-19(2)10-4-5-13(20)18-11-15(21-3)8-6-12(7-9-15)14(16)17/h4-5,12,14H,6-11H2,1-3H3,(H,18,20)/b5-4+. The largest absolute Gasteiger partial charge is 0.376 e. The van der Waals surface area contributed by atoms with Crippen LogP contribution in [0.3, 0.4) is 0 Å². The minimum Gasteiger partial charge on any atom is -0.376 e. The first-order valence-electron chi connectivity index (χ1n) is 7.31. The molecular weight excluding hydrogens is 278 g/mol. The number of carbonyl (C=O) groups excluding carboxylic acids is 1. The second kappa shape index (κ2) is 8.44. The van der Waals surface area contributed by atoms with E-state index in [-0.39, 0.29) is 5.91 Å². The molecule has 1 N–H and O–H groups in total. The molecule has 0 bridgehead atoms. The summed E-state index contributed by atoms with van der Waals surface area (Å²) in [7, 11) is 5.42. The molecule has 0 aromatic carbocycles. The van der Waals surface area contributed by atoms with E-state index in [0.29, 0.717) is 38.8 Å². The molecule has 0 spiro atoms. The van der Waals surface area contributed by atoms with Crippen LogP contribution in [0, 0.1) is 5.92 Å². The van der Waals surface area contributed by atoms with E-state index in [0.717, 1.165) is 0 Å². The molecule has 1 rings (SSSR count). The van der Waals surface area contributed by atoms with Gasteiger partial charge in [0, 0.05) is 32.2 Å². The fourth-order valence-electron chi connectivity index (χ4n) is 2.55. The van der Waals surface area contributed by atoms with Gasteiger partial charge in [0.15, 0.2) is 0 Å². The first-order chi connectivity index (χ1) is 9.88. The molecule has 21 heavy (non-hydrogen) atoms. The summed E-state index contributed by atoms with van der Waals surface area (Å²) in [5.74, 6) is -0.715. The van der Waals surface area contributed by atoms with Crippen LogP contribution in [0.4, 0.5) is 8.78 Å². The monoisotopic (exact) mass is 304 g/mol. The lowest BCUT2D eigenvalue weighted by molar-refractivity contribution is -0.119. The van der Waals surface area contributed by atoms with E-state index in [9.17, 15) is 13.6 Å². The highest BCUT2D eigenvalue weighted by Crippen LogP contribution is 2.36. The molecule has 1 saturated carbocycles. The van der Waals surface area contributed by atoms with Gasteiger partial charge in [-0.05, 0) is 39.8 Å². The van der Waals surface area contributed by atoms with Gasteiger partial charge in [0.25, 0.3) is 0 Å². The molecule has 0 aromatic heterocycles. The molecule has 1 amide bonds. The van der Waals surface area contributed by atoms with Gasteiger partial charge < -0.3 is 15.0 Å². The van der Waals surface area contributed by atoms with Crippen molar-refractivity contribution in [2.45, 2.75) is 37.7 Å². The predicted molar refractivity (Wildman–Crippen MR) is 78.4 cm³/mol. The van der Waals surface area contributed by atoms with Crippen molar-refractivity contribution in [1.82, 2.24) is 10.2 Å². The van der Waals surface area contributed by atoms with Crippen LogP contribution in [0.25, 0.3) is 0 Å². The fourth-order valence-corrected chi connectivity index (χ4v) is 2.55. The van der Waals surface area contributed by atoms with Crippen LogP contribution in [-0.4, -0.2) is 57.1 Å². The third kappa shape index (κ3) is 6.09. The normalized spacial score (nSPS) is 26.7. The number of hydrogen-bond donors (Lipinski definition) is 1. The van der Waals surface area contributed by atoms with Crippen molar-refractivity contribution in [2.24, 2.45) is 5.92 Å². The third-order valence-corrected chi connectivity index (χ3v) is 4.06. The highest BCUT2D eigenvalue weighted by atomic mass is 19.3. The van der Waals surface area contributed by atoms with Crippen molar-refractivity contribution in [2.75, 3.05) is 34.3 Å². The predicted octanol–water partition coefficient (Wildman–Crippen LogP) is 2.06. The summed E-state index contributed by atoms with van der Waals surface area (Å²) in [5, 5.41) is 2.81. The molecule has 1 fully saturated rings. The maximum Gasteiger partial charge on any atom is 0.243 e. The van der Waals surface area contributed by atoms with Crippen molar-refractivity contribution in [3.05, 3.63) is 12.2 Å². The second-order valence-electron chi connectivity index (χ2n) is 5.94. The van der Waals surface area contributed by atoms with Crippen molar-refractivity contribution in [1.29, 1.82) is 0 Å². The average molecular weight is 304 g/mol. The lowest BCUT2D eigenvalue weighted by atomic mass is 9.78. The first-order valence-corrected chi connectivity index (χ1v) is 7.31. The molecule has 122 valence electrons. The van der Waals surface area contributed by atoms with Crippen molar-refractivity contribution < 1.29 is 18.3 Å². The molecule has 1 aliphatic rings. The zero-order valence-corrected chi connectivity index (χ0v) is 13.1. The summed E-state index contributed by atoms with van der Waals surface area (Å²) in [5.41, 5.74) is -0.504. The molecule has 0 aliphatic heterocycles. The number of rotatable bonds is 7. The summed E-state index contributed by atoms with van der Waals surface area (Å²) >= 11 is 0. The second-order valence-corrected chi connectivity index (χ2v) is 5.94. The van der Waals surface area contributed by atoms with Gasteiger partial charge >= 0.3 is 0 Å². The van der Waals surface area contributed by atoms with E-state index in [1.165, 1.54) is 6.08 Å². The Balaban J connectivity index is 2.41. The van der Waals surface area contributed by atoms with Gasteiger partial charge in [0.05, 0.1) is 5.60 Å². The number of carbonyl (C=O) groups is 1. The minimum absolute atomic E-state index is 0.177. The van der Waals surface area contributed by atoms with Crippen LogP contribution in [0.2, 0.25) is 0 Å². The number of alkyl halides is 2. The summed E-state index contributed by atoms with van der Waals surface area (Å²) in [6.07, 6.45) is 3.01. The smallest absolute Gasteiger partial charge is 0.243 e. The Morgan fingerprint density at radius 2 is 2.05 bits per heavy atom. The SMILES string of the molecule is COC1(CNC(=O)/C=C/CN(C)C)CCC(C(F)F)CC1. The zero-order chi connectivity index (χ0) is 15.9. The summed E-state index contributed by atoms with van der Waals surface area (Å²) < 4.78 is 30.9. The number of methoxy groups -OCH3 is 1. The highest BCUT2D eigenvalue weighted by molar-refractivity contribution is 5.87. The van der Waals surface area contributed by atoms with E-state index in [4.69, 9.17) is 4.74 Å². The molecule has 0 heterocycles. The number of nitrogens with zero attached hydrogens (tertiary/aromatic N) is 1. The van der Waals surface area contributed by atoms with Gasteiger partial charge in [-0.1, -0.05) is 6.08 Å². The van der Waals surface area contributed by atoms with E-state index in [1.807, 2.05) is 19.0 Å². The number of halogens is 2. The molecule has 4 nitrogen and oxygen atoms in total. The van der Waals surface area contributed by atoms with Crippen LogP contribution >= 0.6 is 0 Å². The van der Waals surface area contributed by atoms with Crippen molar-refractivity contribution in [3.8, 4) is 0 Å². The fraction of sp³-hybridized carbons (Fsp3) is 0.800. The number of amides is 1. The zero-order valence-electron chi connectivity index (χ0n) is 13.1. The number of ether oxygens (including phenoxy) is 1. The summed E-state index contributed by atoms with van der Waals surface area (Å²) in [6.45, 7) is 1.06. The van der Waals surface area contributed by atoms with E-state index < -0.39 is 17.9 Å². The molecule has 0 saturated heterocycles. The van der Waals surface area contributed by atoms with Gasteiger partial charge in [-0.15, -0.1) is 0 Å². The maximum absolute atomic E-state index is 12.7. The minimum atomic E-state index is -2.26. The molecule has 0 unspecified atom stereocenters. The van der Waals surface area contributed by atoms with E-state index >= 15 is 0 Å². The van der Waals surface area contributed by atoms with E-state index in [2.05, 4.69) is 5.32 Å². The molecular formula is C15H26F2N2O2. The first kappa shape index (κ1) is 18.0. The summed E-state index contributed by atoms with van der Waals surface area (Å²) in [4.78, 5) is 13.7. The Bertz CT molecular complexity index is 352. The Morgan fingerprint density at radius 3 is 2.52 bits per heavy atom. The number of hydrogen-bond acceptors (Lipinski definition) is 3. The van der Waals surface area contributed by atoms with Gasteiger partial charge in [-0.25, -0.2) is 8.78 Å². The average Bonchev–Trinajstić information content (AvgIpc) is 2.45. The Labute approximate surface area is 125 Å². The Morgan fingerprint density at radius 1 is 1.43 bits per heavy atom. The van der Waals surface area contributed by atoms with Crippen LogP contribution in [0.15, 0.2) is 12.2 Å². The molecule has 1 aliphatic carbocycles. The third-order valence-electron chi connectivity index (χ3n) is 4.06. The topological polar surface area (TPSA) is 41.6 Å². The number of nitrogens with one attached hydrogen (secondary N) is 1. The Hall–Kier alpha value is -1.01. The van der Waals surface area contributed by atoms with Crippen molar-refractivity contribution >= 4 is 5.91 Å². The lowest BCUT2D eigenvalue weighted by Gasteiger charge is -2.38. The van der Waals surface area contributed by atoms with Gasteiger partial charge in [-0.2, -0.15) is 0 Å². The summed E-state index contributed by atoms with van der Waals surface area (Å²) in [6, 6.07) is 0. The molecule has 0 atom stereocenters. The van der Waals surface area contributed by atoms with Crippen LogP contribution in [0.1, 0.15) is 25.7 Å². The van der Waals surface area contributed by atoms with Crippen LogP contribution in [-0.2, 0) is 9.53 Å². The molecule has 0 aromatic rings. The van der Waals surface area contributed by atoms with Crippen LogP contribution < -0.4 is 5.32 Å². The molecule has 6 heteroatoms.